The van der Waals surface area contributed by atoms with Crippen molar-refractivity contribution in [2.45, 2.75) is 6.54 Å². The summed E-state index contributed by atoms with van der Waals surface area (Å²) in [6, 6.07) is 9.39. The minimum Gasteiger partial charge on any atom is -0.381 e. The highest BCUT2D eigenvalue weighted by atomic mass is 19.1. The molecule has 0 spiro atoms. The summed E-state index contributed by atoms with van der Waals surface area (Å²) < 4.78 is 13.4. The normalized spacial score (nSPS) is 10.1. The van der Waals surface area contributed by atoms with Crippen LogP contribution < -0.4 is 5.32 Å². The highest BCUT2D eigenvalue weighted by molar-refractivity contribution is 5.50. The van der Waals surface area contributed by atoms with E-state index in [0.717, 1.165) is 17.7 Å². The van der Waals surface area contributed by atoms with Crippen molar-refractivity contribution in [3.05, 3.63) is 74.1 Å². The summed E-state index contributed by atoms with van der Waals surface area (Å²) in [7, 11) is 0. The van der Waals surface area contributed by atoms with Crippen molar-refractivity contribution in [1.82, 2.24) is 0 Å². The summed E-state index contributed by atoms with van der Waals surface area (Å²) in [5.74, 6) is -0.923. The smallest absolute Gasteiger partial charge is 0.304 e. The zero-order valence-electron chi connectivity index (χ0n) is 10.7. The van der Waals surface area contributed by atoms with E-state index in [1.54, 1.807) is 12.1 Å². The first kappa shape index (κ1) is 14.4. The molecule has 0 aliphatic rings. The molecule has 7 nitrogen and oxygen atoms in total. The molecule has 0 aliphatic heterocycles. The molecule has 108 valence electrons. The Morgan fingerprint density at radius 3 is 2.19 bits per heavy atom. The van der Waals surface area contributed by atoms with Crippen LogP contribution in [0.4, 0.5) is 21.5 Å². The molecule has 0 atom stereocenters. The Labute approximate surface area is 118 Å². The minimum absolute atomic E-state index is 0.0138. The zero-order chi connectivity index (χ0) is 15.4. The average Bonchev–Trinajstić information content (AvgIpc) is 2.45. The quantitative estimate of drug-likeness (QED) is 0.673. The second-order valence-corrected chi connectivity index (χ2v) is 4.20. The molecule has 0 radical (unpaired) electrons. The van der Waals surface area contributed by atoms with Gasteiger partial charge in [0.1, 0.15) is 0 Å². The highest BCUT2D eigenvalue weighted by Crippen LogP contribution is 2.21. The predicted molar refractivity (Wildman–Crippen MR) is 73.5 cm³/mol. The van der Waals surface area contributed by atoms with Gasteiger partial charge in [-0.05, 0) is 11.6 Å². The van der Waals surface area contributed by atoms with Crippen LogP contribution >= 0.6 is 0 Å². The summed E-state index contributed by atoms with van der Waals surface area (Å²) in [5, 5.41) is 23.9. The van der Waals surface area contributed by atoms with Crippen LogP contribution in [0.2, 0.25) is 0 Å². The highest BCUT2D eigenvalue weighted by Gasteiger charge is 2.13. The van der Waals surface area contributed by atoms with Gasteiger partial charge in [-0.3, -0.25) is 20.2 Å². The van der Waals surface area contributed by atoms with Crippen molar-refractivity contribution < 1.29 is 14.2 Å². The molecule has 0 unspecified atom stereocenters. The molecule has 0 aliphatic carbocycles. The Morgan fingerprint density at radius 1 is 1.00 bits per heavy atom. The maximum Gasteiger partial charge on any atom is 0.304 e. The number of anilines is 1. The van der Waals surface area contributed by atoms with Gasteiger partial charge in [0.05, 0.1) is 9.85 Å². The topological polar surface area (TPSA) is 98.3 Å². The second-order valence-electron chi connectivity index (χ2n) is 4.20. The molecule has 21 heavy (non-hydrogen) atoms. The molecule has 8 heteroatoms. The van der Waals surface area contributed by atoms with Crippen molar-refractivity contribution in [2.75, 3.05) is 5.32 Å². The Morgan fingerprint density at radius 2 is 1.67 bits per heavy atom. The standard InChI is InChI=1S/C13H10FN3O4/c14-12-7-10(3-6-13(12)17(20)21)15-8-9-1-4-11(5-2-9)16(18)19/h1-7,15H,8H2. The molecule has 0 fully saturated rings. The maximum absolute atomic E-state index is 13.4. The number of nitro groups is 2. The number of rotatable bonds is 5. The van der Waals surface area contributed by atoms with E-state index < -0.39 is 21.4 Å². The van der Waals surface area contributed by atoms with Crippen LogP contribution in [0.5, 0.6) is 0 Å². The molecular weight excluding hydrogens is 281 g/mol. The van der Waals surface area contributed by atoms with E-state index in [1.165, 1.54) is 18.2 Å². The third kappa shape index (κ3) is 3.50. The molecular formula is C13H10FN3O4. The zero-order valence-corrected chi connectivity index (χ0v) is 10.7. The Hall–Kier alpha value is -3.03. The van der Waals surface area contributed by atoms with Gasteiger partial charge in [-0.25, -0.2) is 0 Å². The van der Waals surface area contributed by atoms with Crippen LogP contribution in [0, 0.1) is 26.0 Å². The van der Waals surface area contributed by atoms with E-state index in [1.807, 2.05) is 0 Å². The van der Waals surface area contributed by atoms with Crippen molar-refractivity contribution in [1.29, 1.82) is 0 Å². The van der Waals surface area contributed by atoms with Crippen molar-refractivity contribution in [2.24, 2.45) is 0 Å². The Kier molecular flexibility index (Phi) is 4.07. The number of nitrogens with zero attached hydrogens (tertiary/aromatic N) is 2. The Balaban J connectivity index is 2.04. The fourth-order valence-corrected chi connectivity index (χ4v) is 1.70. The minimum atomic E-state index is -0.923. The first-order valence-corrected chi connectivity index (χ1v) is 5.88. The van der Waals surface area contributed by atoms with Gasteiger partial charge in [0, 0.05) is 36.5 Å². The van der Waals surface area contributed by atoms with Crippen molar-refractivity contribution in [3.8, 4) is 0 Å². The fourth-order valence-electron chi connectivity index (χ4n) is 1.70. The largest absolute Gasteiger partial charge is 0.381 e. The second kappa shape index (κ2) is 5.95. The number of hydrogen-bond acceptors (Lipinski definition) is 5. The van der Waals surface area contributed by atoms with E-state index in [2.05, 4.69) is 5.32 Å². The van der Waals surface area contributed by atoms with Gasteiger partial charge in [-0.2, -0.15) is 4.39 Å². The number of nitrogens with one attached hydrogen (secondary N) is 1. The van der Waals surface area contributed by atoms with Crippen LogP contribution in [-0.4, -0.2) is 9.85 Å². The lowest BCUT2D eigenvalue weighted by atomic mass is 10.2. The maximum atomic E-state index is 13.4. The molecule has 0 aromatic heterocycles. The van der Waals surface area contributed by atoms with Crippen LogP contribution in [0.15, 0.2) is 42.5 Å². The van der Waals surface area contributed by atoms with Gasteiger partial charge in [0.15, 0.2) is 0 Å². The van der Waals surface area contributed by atoms with Crippen molar-refractivity contribution in [3.63, 3.8) is 0 Å². The van der Waals surface area contributed by atoms with Gasteiger partial charge in [0.25, 0.3) is 5.69 Å². The lowest BCUT2D eigenvalue weighted by Crippen LogP contribution is -2.01. The summed E-state index contributed by atoms with van der Waals surface area (Å²) in [5.41, 5.74) is 0.548. The molecule has 2 aromatic carbocycles. The number of halogens is 1. The summed E-state index contributed by atoms with van der Waals surface area (Å²) >= 11 is 0. The van der Waals surface area contributed by atoms with E-state index in [-0.39, 0.29) is 5.69 Å². The molecule has 0 saturated heterocycles. The van der Waals surface area contributed by atoms with Crippen molar-refractivity contribution >= 4 is 17.1 Å². The van der Waals surface area contributed by atoms with Gasteiger partial charge in [-0.15, -0.1) is 0 Å². The van der Waals surface area contributed by atoms with Gasteiger partial charge >= 0.3 is 5.69 Å². The SMILES string of the molecule is O=[N+]([O-])c1ccc(CNc2ccc([N+](=O)[O-])c(F)c2)cc1. The summed E-state index contributed by atoms with van der Waals surface area (Å²) in [6.45, 7) is 0.315. The summed E-state index contributed by atoms with van der Waals surface area (Å²) in [4.78, 5) is 19.7. The Bertz CT molecular complexity index is 688. The molecule has 2 rings (SSSR count). The number of nitro benzene ring substituents is 2. The number of hydrogen-bond donors (Lipinski definition) is 1. The van der Waals surface area contributed by atoms with E-state index in [9.17, 15) is 24.6 Å². The number of benzene rings is 2. The first-order valence-electron chi connectivity index (χ1n) is 5.88. The van der Waals surface area contributed by atoms with Gasteiger partial charge < -0.3 is 5.32 Å². The predicted octanol–water partition coefficient (Wildman–Crippen LogP) is 3.25. The summed E-state index contributed by atoms with van der Waals surface area (Å²) in [6.07, 6.45) is 0. The molecule has 0 bridgehead atoms. The fraction of sp³-hybridized carbons (Fsp3) is 0.0769. The third-order valence-electron chi connectivity index (χ3n) is 2.79. The van der Waals surface area contributed by atoms with Crippen LogP contribution in [-0.2, 0) is 6.54 Å². The first-order chi connectivity index (χ1) is 9.97. The molecule has 1 N–H and O–H groups in total. The van der Waals surface area contributed by atoms with Crippen LogP contribution in [0.1, 0.15) is 5.56 Å². The third-order valence-corrected chi connectivity index (χ3v) is 2.79. The lowest BCUT2D eigenvalue weighted by molar-refractivity contribution is -0.387. The molecule has 0 saturated carbocycles. The van der Waals surface area contributed by atoms with E-state index >= 15 is 0 Å². The average molecular weight is 291 g/mol. The monoisotopic (exact) mass is 291 g/mol. The van der Waals surface area contributed by atoms with E-state index in [0.29, 0.717) is 12.2 Å². The van der Waals surface area contributed by atoms with Crippen LogP contribution in [0.3, 0.4) is 0 Å². The van der Waals surface area contributed by atoms with E-state index in [4.69, 9.17) is 0 Å². The van der Waals surface area contributed by atoms with Crippen LogP contribution in [0.25, 0.3) is 0 Å². The molecule has 2 aromatic rings. The molecule has 0 amide bonds. The van der Waals surface area contributed by atoms with Gasteiger partial charge in [-0.1, -0.05) is 12.1 Å². The molecule has 0 heterocycles. The lowest BCUT2D eigenvalue weighted by Gasteiger charge is -2.06. The van der Waals surface area contributed by atoms with Gasteiger partial charge in [0.2, 0.25) is 5.82 Å². The number of non-ortho nitro benzene ring substituents is 1.